The second kappa shape index (κ2) is 14.5. The molecular weight excluding hydrogens is 552 g/mol. The number of halogens is 1. The van der Waals surface area contributed by atoms with Crippen LogP contribution in [0.5, 0.6) is 0 Å². The third-order valence-corrected chi connectivity index (χ3v) is 7.37. The number of carboxylic acids is 1. The van der Waals surface area contributed by atoms with E-state index in [1.165, 1.54) is 17.8 Å². The van der Waals surface area contributed by atoms with Gasteiger partial charge in [-0.3, -0.25) is 9.59 Å². The zero-order chi connectivity index (χ0) is 29.2. The molecule has 0 bridgehead atoms. The van der Waals surface area contributed by atoms with Crippen molar-refractivity contribution in [3.05, 3.63) is 86.9 Å². The number of ether oxygens (including phenoxy) is 1. The highest BCUT2D eigenvalue weighted by Gasteiger charge is 2.36. The van der Waals surface area contributed by atoms with Gasteiger partial charge in [-0.15, -0.1) is 11.8 Å². The van der Waals surface area contributed by atoms with E-state index in [-0.39, 0.29) is 30.4 Å². The Kier molecular flexibility index (Phi) is 11.2. The van der Waals surface area contributed by atoms with Gasteiger partial charge in [0.1, 0.15) is 11.1 Å². The maximum absolute atomic E-state index is 12.9. The molecule has 1 aliphatic heterocycles. The molecule has 0 saturated carbocycles. The molecular formula is C30H31ClN2O6S. The van der Waals surface area contributed by atoms with Gasteiger partial charge in [-0.05, 0) is 63.7 Å². The number of carbonyl (C=O) groups is 4. The van der Waals surface area contributed by atoms with E-state index in [1.54, 1.807) is 18.2 Å². The molecule has 0 aliphatic carbocycles. The number of nitrogens with one attached hydrogen (secondary N) is 2. The molecule has 0 radical (unpaired) electrons. The van der Waals surface area contributed by atoms with Gasteiger partial charge in [0.15, 0.2) is 6.04 Å². The largest absolute Gasteiger partial charge is 0.477 e. The van der Waals surface area contributed by atoms with E-state index in [2.05, 4.69) is 17.2 Å². The summed E-state index contributed by atoms with van der Waals surface area (Å²) in [5.41, 5.74) is 2.82. The van der Waals surface area contributed by atoms with Crippen molar-refractivity contribution in [1.82, 2.24) is 10.6 Å². The number of aryl methyl sites for hydroxylation is 1. The molecule has 2 unspecified atom stereocenters. The van der Waals surface area contributed by atoms with Crippen molar-refractivity contribution in [2.45, 2.75) is 38.1 Å². The van der Waals surface area contributed by atoms with Crippen LogP contribution >= 0.6 is 23.4 Å². The van der Waals surface area contributed by atoms with Crippen molar-refractivity contribution in [3.63, 3.8) is 0 Å². The van der Waals surface area contributed by atoms with Gasteiger partial charge in [0.05, 0.1) is 13.0 Å². The Labute approximate surface area is 241 Å². The Morgan fingerprint density at radius 3 is 2.60 bits per heavy atom. The SMILES string of the molecule is C=c1cc(C)c(C=CC2=C(C(=O)O)NC(C(NC(=O)Cc3ccccc3)C(=O)OCCC)SC2)cc1=CC(=O)Cl. The summed E-state index contributed by atoms with van der Waals surface area (Å²) in [5.74, 6) is -1.97. The van der Waals surface area contributed by atoms with Crippen LogP contribution in [-0.2, 0) is 30.3 Å². The van der Waals surface area contributed by atoms with Gasteiger partial charge in [-0.2, -0.15) is 0 Å². The summed E-state index contributed by atoms with van der Waals surface area (Å²) >= 11 is 6.79. The van der Waals surface area contributed by atoms with Gasteiger partial charge < -0.3 is 20.5 Å². The number of hydrogen-bond acceptors (Lipinski definition) is 7. The molecule has 8 nitrogen and oxygen atoms in total. The van der Waals surface area contributed by atoms with Crippen LogP contribution < -0.4 is 21.1 Å². The zero-order valence-corrected chi connectivity index (χ0v) is 23.8. The molecule has 2 atom stereocenters. The van der Waals surface area contributed by atoms with Gasteiger partial charge in [-0.1, -0.05) is 62.1 Å². The van der Waals surface area contributed by atoms with E-state index >= 15 is 0 Å². The minimum atomic E-state index is -1.20. The summed E-state index contributed by atoms with van der Waals surface area (Å²) in [5, 5.41) is 15.4. The van der Waals surface area contributed by atoms with Crippen molar-refractivity contribution in [2.24, 2.45) is 0 Å². The fourth-order valence-corrected chi connectivity index (χ4v) is 5.31. The number of thioether (sulfide) groups is 1. The van der Waals surface area contributed by atoms with E-state index in [0.29, 0.717) is 22.4 Å². The first kappa shape index (κ1) is 30.7. The molecule has 10 heteroatoms. The van der Waals surface area contributed by atoms with Crippen LogP contribution in [0.2, 0.25) is 0 Å². The number of rotatable bonds is 11. The Morgan fingerprint density at radius 2 is 1.95 bits per heavy atom. The minimum absolute atomic E-state index is 0.0611. The Hall–Kier alpha value is -3.82. The van der Waals surface area contributed by atoms with Crippen molar-refractivity contribution in [1.29, 1.82) is 0 Å². The van der Waals surface area contributed by atoms with Crippen molar-refractivity contribution >= 4 is 65.2 Å². The lowest BCUT2D eigenvalue weighted by atomic mass is 10.0. The van der Waals surface area contributed by atoms with Crippen LogP contribution in [0, 0.1) is 6.92 Å². The van der Waals surface area contributed by atoms with Gasteiger partial charge in [0, 0.05) is 11.8 Å². The molecule has 1 amide bonds. The van der Waals surface area contributed by atoms with Crippen LogP contribution in [-0.4, -0.2) is 52.0 Å². The first-order valence-electron chi connectivity index (χ1n) is 12.6. The minimum Gasteiger partial charge on any atom is -0.477 e. The quantitative estimate of drug-likeness (QED) is 0.273. The van der Waals surface area contributed by atoms with Gasteiger partial charge >= 0.3 is 11.9 Å². The molecule has 3 N–H and O–H groups in total. The monoisotopic (exact) mass is 582 g/mol. The normalized spacial score (nSPS) is 16.4. The average Bonchev–Trinajstić information content (AvgIpc) is 2.91. The summed E-state index contributed by atoms with van der Waals surface area (Å²) in [4.78, 5) is 49.3. The lowest BCUT2D eigenvalue weighted by Gasteiger charge is -2.31. The lowest BCUT2D eigenvalue weighted by molar-refractivity contribution is -0.148. The second-order valence-corrected chi connectivity index (χ2v) is 10.6. The topological polar surface area (TPSA) is 122 Å². The van der Waals surface area contributed by atoms with Crippen LogP contribution in [0.25, 0.3) is 18.7 Å². The van der Waals surface area contributed by atoms with E-state index in [4.69, 9.17) is 16.3 Å². The van der Waals surface area contributed by atoms with Gasteiger partial charge in [0.25, 0.3) is 0 Å². The van der Waals surface area contributed by atoms with Crippen LogP contribution in [0.4, 0.5) is 0 Å². The number of benzene rings is 2. The number of amides is 1. The highest BCUT2D eigenvalue weighted by atomic mass is 35.5. The molecule has 40 heavy (non-hydrogen) atoms. The Morgan fingerprint density at radius 1 is 1.23 bits per heavy atom. The molecule has 3 rings (SSSR count). The molecule has 210 valence electrons. The number of hydrogen-bond donors (Lipinski definition) is 3. The molecule has 1 aliphatic rings. The molecule has 1 heterocycles. The Bertz CT molecular complexity index is 1450. The van der Waals surface area contributed by atoms with Crippen molar-refractivity contribution in [2.75, 3.05) is 12.4 Å². The molecule has 2 aromatic rings. The van der Waals surface area contributed by atoms with Crippen molar-refractivity contribution < 1.29 is 29.0 Å². The molecule has 0 aromatic heterocycles. The van der Waals surface area contributed by atoms with Gasteiger partial charge in [-0.25, -0.2) is 9.59 Å². The predicted octanol–water partition coefficient (Wildman–Crippen LogP) is 2.65. The van der Waals surface area contributed by atoms with Crippen molar-refractivity contribution in [3.8, 4) is 0 Å². The number of carboxylic acid groups (broad SMARTS) is 1. The summed E-state index contributed by atoms with van der Waals surface area (Å²) in [6.07, 6.45) is 5.36. The Balaban J connectivity index is 1.87. The summed E-state index contributed by atoms with van der Waals surface area (Å²) in [6, 6.07) is 11.6. The highest BCUT2D eigenvalue weighted by molar-refractivity contribution is 8.00. The summed E-state index contributed by atoms with van der Waals surface area (Å²) < 4.78 is 5.32. The maximum atomic E-state index is 12.9. The molecule has 0 fully saturated rings. The first-order chi connectivity index (χ1) is 19.1. The third kappa shape index (κ3) is 8.59. The second-order valence-electron chi connectivity index (χ2n) is 9.15. The first-order valence-corrected chi connectivity index (χ1v) is 14.0. The van der Waals surface area contributed by atoms with Crippen LogP contribution in [0.15, 0.2) is 59.8 Å². The zero-order valence-electron chi connectivity index (χ0n) is 22.2. The molecule has 0 saturated heterocycles. The number of esters is 1. The molecule has 0 spiro atoms. The smallest absolute Gasteiger partial charge is 0.352 e. The van der Waals surface area contributed by atoms with E-state index in [9.17, 15) is 24.3 Å². The van der Waals surface area contributed by atoms with E-state index in [0.717, 1.165) is 16.7 Å². The summed E-state index contributed by atoms with van der Waals surface area (Å²) in [7, 11) is 0. The molecule has 2 aromatic carbocycles. The third-order valence-electron chi connectivity index (χ3n) is 6.03. The fourth-order valence-electron chi connectivity index (χ4n) is 4.02. The number of aliphatic carboxylic acids is 1. The highest BCUT2D eigenvalue weighted by Crippen LogP contribution is 2.27. The number of carbonyl (C=O) groups excluding carboxylic acids is 3. The van der Waals surface area contributed by atoms with E-state index < -0.39 is 28.6 Å². The fraction of sp³-hybridized carbons (Fsp3) is 0.267. The van der Waals surface area contributed by atoms with Crippen LogP contribution in [0.3, 0.4) is 0 Å². The average molecular weight is 583 g/mol. The standard InChI is InChI=1S/C30H31ClN2O6S/c1-4-12-39-30(38)27(32-25(35)14-20-8-6-5-7-9-20)28-33-26(29(36)37)22(17-40-28)11-10-21-15-23(16-24(31)34)19(3)13-18(21)2/h5-11,13,15-16,27-28,33H,3-4,12,14,17H2,1-2H3,(H,32,35)(H,36,37). The van der Waals surface area contributed by atoms with Crippen LogP contribution in [0.1, 0.15) is 30.0 Å². The maximum Gasteiger partial charge on any atom is 0.352 e. The number of allylic oxidation sites excluding steroid dienone is 1. The predicted molar refractivity (Wildman–Crippen MR) is 158 cm³/mol. The summed E-state index contributed by atoms with van der Waals surface area (Å²) in [6.45, 7) is 7.84. The lowest BCUT2D eigenvalue weighted by Crippen LogP contribution is -2.55. The van der Waals surface area contributed by atoms with Gasteiger partial charge in [0.2, 0.25) is 11.1 Å². The van der Waals surface area contributed by atoms with E-state index in [1.807, 2.05) is 50.2 Å².